The zero-order valence-electron chi connectivity index (χ0n) is 10.6. The summed E-state index contributed by atoms with van der Waals surface area (Å²) in [7, 11) is 0. The highest BCUT2D eigenvalue weighted by Gasteiger charge is 2.16. The quantitative estimate of drug-likeness (QED) is 0.618. The largest absolute Gasteiger partial charge is 0.462 e. The molecule has 1 aromatic rings. The molecule has 0 aromatic carbocycles. The summed E-state index contributed by atoms with van der Waals surface area (Å²) in [6.07, 6.45) is 6.15. The molecule has 1 fully saturated rings. The fraction of sp³-hybridized carbons (Fsp3) is 0.571. The van der Waals surface area contributed by atoms with Crippen LogP contribution in [0, 0.1) is 12.8 Å². The maximum absolute atomic E-state index is 11.9. The highest BCUT2D eigenvalue weighted by molar-refractivity contribution is 6.29. The van der Waals surface area contributed by atoms with E-state index in [9.17, 15) is 4.79 Å². The average molecular weight is 268 g/mol. The van der Waals surface area contributed by atoms with Crippen LogP contribution in [0.15, 0.2) is 12.1 Å². The second kappa shape index (κ2) is 6.19. The van der Waals surface area contributed by atoms with Gasteiger partial charge in [-0.05, 0) is 37.8 Å². The molecule has 1 heterocycles. The summed E-state index contributed by atoms with van der Waals surface area (Å²) in [5, 5.41) is 0.333. The van der Waals surface area contributed by atoms with Gasteiger partial charge in [-0.15, -0.1) is 0 Å². The first kappa shape index (κ1) is 13.3. The summed E-state index contributed by atoms with van der Waals surface area (Å²) in [5.41, 5.74) is 1.22. The second-order valence-corrected chi connectivity index (χ2v) is 5.31. The summed E-state index contributed by atoms with van der Waals surface area (Å²) in [6.45, 7) is 2.33. The Kier molecular flexibility index (Phi) is 4.59. The molecule has 1 aliphatic rings. The van der Waals surface area contributed by atoms with Gasteiger partial charge in [-0.1, -0.05) is 30.9 Å². The Morgan fingerprint density at radius 2 is 2.11 bits per heavy atom. The molecule has 0 N–H and O–H groups in total. The Morgan fingerprint density at radius 1 is 1.39 bits per heavy atom. The molecule has 0 unspecified atom stereocenters. The van der Waals surface area contributed by atoms with Crippen LogP contribution in [0.1, 0.15) is 48.2 Å². The molecule has 18 heavy (non-hydrogen) atoms. The molecule has 1 saturated carbocycles. The summed E-state index contributed by atoms with van der Waals surface area (Å²) in [4.78, 5) is 15.9. The van der Waals surface area contributed by atoms with Crippen molar-refractivity contribution in [3.63, 3.8) is 0 Å². The van der Waals surface area contributed by atoms with E-state index in [4.69, 9.17) is 16.3 Å². The minimum absolute atomic E-state index is 0.298. The zero-order valence-corrected chi connectivity index (χ0v) is 11.4. The number of aryl methyl sites for hydroxylation is 1. The van der Waals surface area contributed by atoms with Gasteiger partial charge >= 0.3 is 5.97 Å². The summed E-state index contributed by atoms with van der Waals surface area (Å²) in [6, 6.07) is 3.26. The minimum Gasteiger partial charge on any atom is -0.462 e. The van der Waals surface area contributed by atoms with Crippen molar-refractivity contribution in [2.45, 2.75) is 39.0 Å². The van der Waals surface area contributed by atoms with Gasteiger partial charge in [0.1, 0.15) is 5.15 Å². The van der Waals surface area contributed by atoms with Crippen molar-refractivity contribution in [3.8, 4) is 0 Å². The molecule has 0 amide bonds. The van der Waals surface area contributed by atoms with Crippen molar-refractivity contribution in [1.29, 1.82) is 0 Å². The lowest BCUT2D eigenvalue weighted by molar-refractivity contribution is 0.0410. The van der Waals surface area contributed by atoms with E-state index in [0.717, 1.165) is 5.69 Å². The van der Waals surface area contributed by atoms with Gasteiger partial charge in [0.15, 0.2) is 0 Å². The van der Waals surface area contributed by atoms with Crippen molar-refractivity contribution in [1.82, 2.24) is 4.98 Å². The second-order valence-electron chi connectivity index (χ2n) is 4.92. The van der Waals surface area contributed by atoms with Crippen LogP contribution in [0.2, 0.25) is 5.15 Å². The maximum atomic E-state index is 11.9. The van der Waals surface area contributed by atoms with Crippen LogP contribution >= 0.6 is 11.6 Å². The normalized spacial score (nSPS) is 16.6. The molecule has 0 bridgehead atoms. The molecule has 4 heteroatoms. The molecule has 1 aliphatic carbocycles. The number of nitrogens with zero attached hydrogens (tertiary/aromatic N) is 1. The van der Waals surface area contributed by atoms with Crippen LogP contribution in [-0.2, 0) is 4.74 Å². The summed E-state index contributed by atoms with van der Waals surface area (Å²) >= 11 is 5.82. The number of halogens is 1. The number of rotatable bonds is 3. The maximum Gasteiger partial charge on any atom is 0.338 e. The van der Waals surface area contributed by atoms with Crippen LogP contribution in [0.3, 0.4) is 0 Å². The van der Waals surface area contributed by atoms with Gasteiger partial charge in [-0.25, -0.2) is 9.78 Å². The van der Waals surface area contributed by atoms with E-state index >= 15 is 0 Å². The van der Waals surface area contributed by atoms with Gasteiger partial charge < -0.3 is 4.74 Å². The van der Waals surface area contributed by atoms with Crippen LogP contribution in [0.5, 0.6) is 0 Å². The number of pyridine rings is 1. The van der Waals surface area contributed by atoms with E-state index < -0.39 is 0 Å². The highest BCUT2D eigenvalue weighted by atomic mass is 35.5. The Labute approximate surface area is 113 Å². The number of carbonyl (C=O) groups is 1. The molecule has 2 rings (SSSR count). The SMILES string of the molecule is Cc1cc(C(=O)OCC2CCCCC2)cc(Cl)n1. The molecular formula is C14H18ClNO2. The van der Waals surface area contributed by atoms with Gasteiger partial charge in [-0.2, -0.15) is 0 Å². The van der Waals surface area contributed by atoms with E-state index in [2.05, 4.69) is 4.98 Å². The predicted octanol–water partition coefficient (Wildman–Crippen LogP) is 3.78. The van der Waals surface area contributed by atoms with Crippen molar-refractivity contribution in [2.24, 2.45) is 5.92 Å². The zero-order chi connectivity index (χ0) is 13.0. The van der Waals surface area contributed by atoms with Crippen molar-refractivity contribution in [3.05, 3.63) is 28.5 Å². The molecule has 1 aromatic heterocycles. The van der Waals surface area contributed by atoms with E-state index in [-0.39, 0.29) is 5.97 Å². The van der Waals surface area contributed by atoms with Gasteiger partial charge in [0.2, 0.25) is 0 Å². The molecule has 0 radical (unpaired) electrons. The number of hydrogen-bond acceptors (Lipinski definition) is 3. The lowest BCUT2D eigenvalue weighted by atomic mass is 9.90. The molecule has 98 valence electrons. The van der Waals surface area contributed by atoms with Crippen LogP contribution in [-0.4, -0.2) is 17.6 Å². The molecular weight excluding hydrogens is 250 g/mol. The first-order valence-electron chi connectivity index (χ1n) is 6.46. The van der Waals surface area contributed by atoms with Gasteiger partial charge in [0.25, 0.3) is 0 Å². The first-order chi connectivity index (χ1) is 8.65. The van der Waals surface area contributed by atoms with E-state index in [1.807, 2.05) is 6.92 Å². The molecule has 3 nitrogen and oxygen atoms in total. The van der Waals surface area contributed by atoms with Crippen molar-refractivity contribution in [2.75, 3.05) is 6.61 Å². The average Bonchev–Trinajstić information content (AvgIpc) is 2.36. The van der Waals surface area contributed by atoms with Crippen LogP contribution < -0.4 is 0 Å². The molecule has 0 atom stereocenters. The number of aromatic nitrogens is 1. The standard InChI is InChI=1S/C14H18ClNO2/c1-10-7-12(8-13(15)16-10)14(17)18-9-11-5-3-2-4-6-11/h7-8,11H,2-6,9H2,1H3. The lowest BCUT2D eigenvalue weighted by Crippen LogP contribution is -2.17. The number of ether oxygens (including phenoxy) is 1. The highest BCUT2D eigenvalue weighted by Crippen LogP contribution is 2.24. The van der Waals surface area contributed by atoms with E-state index in [0.29, 0.717) is 23.2 Å². The molecule has 0 spiro atoms. The Hall–Kier alpha value is -1.09. The Balaban J connectivity index is 1.90. The number of esters is 1. The predicted molar refractivity (Wildman–Crippen MR) is 70.8 cm³/mol. The monoisotopic (exact) mass is 267 g/mol. The van der Waals surface area contributed by atoms with Gasteiger partial charge in [0, 0.05) is 5.69 Å². The number of carbonyl (C=O) groups excluding carboxylic acids is 1. The van der Waals surface area contributed by atoms with Crippen molar-refractivity contribution >= 4 is 17.6 Å². The lowest BCUT2D eigenvalue weighted by Gasteiger charge is -2.21. The summed E-state index contributed by atoms with van der Waals surface area (Å²) < 4.78 is 5.35. The van der Waals surface area contributed by atoms with Crippen LogP contribution in [0.25, 0.3) is 0 Å². The number of hydrogen-bond donors (Lipinski definition) is 0. The van der Waals surface area contributed by atoms with Crippen LogP contribution in [0.4, 0.5) is 0 Å². The third-order valence-electron chi connectivity index (χ3n) is 3.33. The van der Waals surface area contributed by atoms with Gasteiger partial charge in [-0.3, -0.25) is 0 Å². The third-order valence-corrected chi connectivity index (χ3v) is 3.53. The van der Waals surface area contributed by atoms with E-state index in [1.165, 1.54) is 32.1 Å². The Bertz CT molecular complexity index is 408. The fourth-order valence-corrected chi connectivity index (χ4v) is 2.63. The topological polar surface area (TPSA) is 39.2 Å². The summed E-state index contributed by atoms with van der Waals surface area (Å²) in [5.74, 6) is 0.231. The van der Waals surface area contributed by atoms with E-state index in [1.54, 1.807) is 12.1 Å². The third kappa shape index (κ3) is 3.70. The molecule has 0 aliphatic heterocycles. The van der Waals surface area contributed by atoms with Crippen molar-refractivity contribution < 1.29 is 9.53 Å². The molecule has 0 saturated heterocycles. The minimum atomic E-state index is -0.298. The fourth-order valence-electron chi connectivity index (χ4n) is 2.38. The van der Waals surface area contributed by atoms with Gasteiger partial charge in [0.05, 0.1) is 12.2 Å². The first-order valence-corrected chi connectivity index (χ1v) is 6.84. The smallest absolute Gasteiger partial charge is 0.338 e. The Morgan fingerprint density at radius 3 is 2.78 bits per heavy atom.